The number of aromatic nitrogens is 2. The molecule has 0 spiro atoms. The molecule has 1 unspecified atom stereocenters. The molecule has 2 aromatic rings. The lowest BCUT2D eigenvalue weighted by molar-refractivity contribution is 0.0705. The zero-order valence-electron chi connectivity index (χ0n) is 11.3. The number of ether oxygens (including phenoxy) is 1. The summed E-state index contributed by atoms with van der Waals surface area (Å²) in [5.74, 6) is 1.43. The molecule has 1 fully saturated rings. The summed E-state index contributed by atoms with van der Waals surface area (Å²) >= 11 is 12.0. The number of benzene rings is 1. The summed E-state index contributed by atoms with van der Waals surface area (Å²) in [6.07, 6.45) is 2.53. The highest BCUT2D eigenvalue weighted by molar-refractivity contribution is 6.38. The van der Waals surface area contributed by atoms with E-state index in [-0.39, 0.29) is 5.92 Å². The Hall–Kier alpha value is -1.30. The Kier molecular flexibility index (Phi) is 4.33. The first-order valence-electron chi connectivity index (χ1n) is 6.77. The van der Waals surface area contributed by atoms with Crippen molar-refractivity contribution in [2.75, 3.05) is 18.9 Å². The van der Waals surface area contributed by atoms with Crippen LogP contribution in [-0.4, -0.2) is 23.4 Å². The smallest absolute Gasteiger partial charge is 0.232 e. The van der Waals surface area contributed by atoms with Gasteiger partial charge in [-0.05, 0) is 30.5 Å². The van der Waals surface area contributed by atoms with E-state index in [0.29, 0.717) is 40.5 Å². The molecule has 2 N–H and O–H groups in total. The lowest BCUT2D eigenvalue weighted by Gasteiger charge is -2.18. The summed E-state index contributed by atoms with van der Waals surface area (Å²) in [7, 11) is 0. The monoisotopic (exact) mass is 327 g/mol. The lowest BCUT2D eigenvalue weighted by atomic mass is 10.0. The van der Waals surface area contributed by atoms with E-state index < -0.39 is 0 Å². The van der Waals surface area contributed by atoms with Crippen molar-refractivity contribution in [3.8, 4) is 0 Å². The van der Waals surface area contributed by atoms with E-state index in [1.165, 1.54) is 0 Å². The van der Waals surface area contributed by atoms with Crippen LogP contribution < -0.4 is 5.73 Å². The Bertz CT molecular complexity index is 616. The molecule has 0 aliphatic carbocycles. The van der Waals surface area contributed by atoms with Crippen molar-refractivity contribution in [2.45, 2.75) is 25.2 Å². The van der Waals surface area contributed by atoms with Crippen LogP contribution in [0, 0.1) is 0 Å². The first-order chi connectivity index (χ1) is 10.1. The average Bonchev–Trinajstić information content (AvgIpc) is 2.94. The van der Waals surface area contributed by atoms with Gasteiger partial charge in [0.1, 0.15) is 0 Å². The molecule has 0 amide bonds. The summed E-state index contributed by atoms with van der Waals surface area (Å²) in [4.78, 5) is 4.44. The average molecular weight is 328 g/mol. The number of nitrogens with two attached hydrogens (primary N) is 1. The molecule has 0 radical (unpaired) electrons. The van der Waals surface area contributed by atoms with Crippen LogP contribution >= 0.6 is 23.2 Å². The van der Waals surface area contributed by atoms with Gasteiger partial charge < -0.3 is 15.0 Å². The van der Waals surface area contributed by atoms with E-state index in [1.54, 1.807) is 12.1 Å². The third kappa shape index (κ3) is 3.31. The van der Waals surface area contributed by atoms with Gasteiger partial charge in [0, 0.05) is 13.0 Å². The second-order valence-corrected chi connectivity index (χ2v) is 5.93. The zero-order chi connectivity index (χ0) is 14.8. The second kappa shape index (κ2) is 6.22. The minimum Gasteiger partial charge on any atom is -0.396 e. The van der Waals surface area contributed by atoms with Crippen molar-refractivity contribution in [3.63, 3.8) is 0 Å². The predicted molar refractivity (Wildman–Crippen MR) is 80.8 cm³/mol. The van der Waals surface area contributed by atoms with Gasteiger partial charge in [-0.1, -0.05) is 28.4 Å². The van der Waals surface area contributed by atoms with Crippen LogP contribution in [0.4, 0.5) is 5.69 Å². The number of hydrogen-bond donors (Lipinski definition) is 1. The maximum Gasteiger partial charge on any atom is 0.232 e. The molecule has 0 saturated carbocycles. The molecule has 7 heteroatoms. The molecule has 21 heavy (non-hydrogen) atoms. The first kappa shape index (κ1) is 14.6. The molecule has 1 saturated heterocycles. The Labute approximate surface area is 132 Å². The molecule has 1 aromatic carbocycles. The van der Waals surface area contributed by atoms with Crippen LogP contribution in [0.25, 0.3) is 0 Å². The summed E-state index contributed by atoms with van der Waals surface area (Å²) < 4.78 is 10.8. The fourth-order valence-corrected chi connectivity index (χ4v) is 2.89. The van der Waals surface area contributed by atoms with Crippen molar-refractivity contribution in [3.05, 3.63) is 39.5 Å². The van der Waals surface area contributed by atoms with Crippen molar-refractivity contribution in [1.82, 2.24) is 10.1 Å². The summed E-state index contributed by atoms with van der Waals surface area (Å²) in [6, 6.07) is 3.53. The summed E-state index contributed by atoms with van der Waals surface area (Å²) in [6.45, 7) is 1.45. The largest absolute Gasteiger partial charge is 0.396 e. The van der Waals surface area contributed by atoms with E-state index in [1.807, 2.05) is 0 Å². The number of halogens is 2. The third-order valence-corrected chi connectivity index (χ3v) is 4.12. The highest BCUT2D eigenvalue weighted by Crippen LogP contribution is 2.30. The van der Waals surface area contributed by atoms with E-state index in [4.69, 9.17) is 38.2 Å². The van der Waals surface area contributed by atoms with E-state index >= 15 is 0 Å². The van der Waals surface area contributed by atoms with Gasteiger partial charge in [-0.25, -0.2) is 0 Å². The van der Waals surface area contributed by atoms with Crippen molar-refractivity contribution in [1.29, 1.82) is 0 Å². The Morgan fingerprint density at radius 3 is 2.71 bits per heavy atom. The maximum absolute atomic E-state index is 6.02. The van der Waals surface area contributed by atoms with Gasteiger partial charge in [-0.15, -0.1) is 0 Å². The zero-order valence-corrected chi connectivity index (χ0v) is 12.8. The minimum atomic E-state index is 0.193. The van der Waals surface area contributed by atoms with E-state index in [0.717, 1.165) is 25.0 Å². The van der Waals surface area contributed by atoms with Gasteiger partial charge in [0.05, 0.1) is 28.3 Å². The number of nitrogens with zero attached hydrogens (tertiary/aromatic N) is 2. The van der Waals surface area contributed by atoms with Gasteiger partial charge in [0.15, 0.2) is 5.82 Å². The molecule has 5 nitrogen and oxygen atoms in total. The number of anilines is 1. The van der Waals surface area contributed by atoms with Crippen LogP contribution in [0.3, 0.4) is 0 Å². The van der Waals surface area contributed by atoms with Crippen LogP contribution in [0.15, 0.2) is 16.7 Å². The standard InChI is InChI=1S/C14H15Cl2N3O2/c15-10-4-8(5-11(16)13(10)17)6-12-18-14(21-19-12)9-2-1-3-20-7-9/h4-5,9H,1-3,6-7,17H2. The Morgan fingerprint density at radius 2 is 2.05 bits per heavy atom. The molecular formula is C14H15Cl2N3O2. The van der Waals surface area contributed by atoms with E-state index in [9.17, 15) is 0 Å². The highest BCUT2D eigenvalue weighted by Gasteiger charge is 2.22. The van der Waals surface area contributed by atoms with Gasteiger partial charge in [-0.2, -0.15) is 4.98 Å². The van der Waals surface area contributed by atoms with Crippen LogP contribution in [0.2, 0.25) is 10.0 Å². The summed E-state index contributed by atoms with van der Waals surface area (Å²) in [5.41, 5.74) is 7.00. The Balaban J connectivity index is 1.75. The fourth-order valence-electron chi connectivity index (χ4n) is 2.36. The Morgan fingerprint density at radius 1 is 1.29 bits per heavy atom. The molecule has 1 atom stereocenters. The minimum absolute atomic E-state index is 0.193. The number of nitrogen functional groups attached to an aromatic ring is 1. The third-order valence-electron chi connectivity index (χ3n) is 3.49. The molecule has 1 aliphatic heterocycles. The molecule has 112 valence electrons. The van der Waals surface area contributed by atoms with E-state index in [2.05, 4.69) is 10.1 Å². The topological polar surface area (TPSA) is 74.2 Å². The van der Waals surface area contributed by atoms with Crippen molar-refractivity contribution in [2.24, 2.45) is 0 Å². The normalized spacial score (nSPS) is 18.9. The van der Waals surface area contributed by atoms with Crippen molar-refractivity contribution < 1.29 is 9.26 Å². The SMILES string of the molecule is Nc1c(Cl)cc(Cc2noc(C3CCCOC3)n2)cc1Cl. The second-order valence-electron chi connectivity index (χ2n) is 5.11. The van der Waals surface area contributed by atoms with Crippen molar-refractivity contribution >= 4 is 28.9 Å². The van der Waals surface area contributed by atoms with Gasteiger partial charge in [-0.3, -0.25) is 0 Å². The highest BCUT2D eigenvalue weighted by atomic mass is 35.5. The molecule has 2 heterocycles. The maximum atomic E-state index is 6.02. The van der Waals surface area contributed by atoms with Gasteiger partial charge in [0.2, 0.25) is 5.89 Å². The molecule has 1 aliphatic rings. The van der Waals surface area contributed by atoms with Gasteiger partial charge >= 0.3 is 0 Å². The molecule has 3 rings (SSSR count). The van der Waals surface area contributed by atoms with Crippen LogP contribution in [0.5, 0.6) is 0 Å². The number of rotatable bonds is 3. The quantitative estimate of drug-likeness (QED) is 0.874. The van der Waals surface area contributed by atoms with Gasteiger partial charge in [0.25, 0.3) is 0 Å². The summed E-state index contributed by atoms with van der Waals surface area (Å²) in [5, 5.41) is 4.87. The number of hydrogen-bond acceptors (Lipinski definition) is 5. The predicted octanol–water partition coefficient (Wildman–Crippen LogP) is 3.44. The first-order valence-corrected chi connectivity index (χ1v) is 7.52. The van der Waals surface area contributed by atoms with Crippen LogP contribution in [-0.2, 0) is 11.2 Å². The fraction of sp³-hybridized carbons (Fsp3) is 0.429. The lowest BCUT2D eigenvalue weighted by Crippen LogP contribution is -2.15. The molecular weight excluding hydrogens is 313 g/mol. The molecule has 1 aromatic heterocycles. The van der Waals surface area contributed by atoms with Crippen LogP contribution in [0.1, 0.15) is 36.0 Å². The molecule has 0 bridgehead atoms.